The van der Waals surface area contributed by atoms with Crippen LogP contribution in [0.15, 0.2) is 6.07 Å². The average molecular weight is 394 g/mol. The molecule has 3 rings (SSSR count). The summed E-state index contributed by atoms with van der Waals surface area (Å²) >= 11 is 0. The van der Waals surface area contributed by atoms with Crippen LogP contribution in [0.1, 0.15) is 43.1 Å². The number of aryl methyl sites for hydroxylation is 2. The van der Waals surface area contributed by atoms with Crippen LogP contribution < -0.4 is 0 Å². The van der Waals surface area contributed by atoms with Crippen molar-refractivity contribution in [2.45, 2.75) is 46.6 Å². The maximum atomic E-state index is 13.4. The van der Waals surface area contributed by atoms with Gasteiger partial charge in [-0.1, -0.05) is 0 Å². The van der Waals surface area contributed by atoms with Gasteiger partial charge in [-0.3, -0.25) is 9.59 Å². The van der Waals surface area contributed by atoms with Crippen LogP contribution in [0.3, 0.4) is 0 Å². The standard InChI is InChI=1S/C19H24F2N4O3/c1-4-28-19(27)13-5-7-24(8-6-13)15(26)10-25-18-16(12(3)23-25)14(17(20)21)9-11(2)22-18/h9,13,17H,4-8,10H2,1-3H3. The zero-order valence-corrected chi connectivity index (χ0v) is 16.2. The molecule has 1 fully saturated rings. The molecule has 0 aliphatic carbocycles. The quantitative estimate of drug-likeness (QED) is 0.729. The fourth-order valence-corrected chi connectivity index (χ4v) is 3.65. The van der Waals surface area contributed by atoms with E-state index in [1.54, 1.807) is 25.7 Å². The van der Waals surface area contributed by atoms with Crippen LogP contribution in [-0.2, 0) is 20.9 Å². The van der Waals surface area contributed by atoms with Gasteiger partial charge in [0.05, 0.1) is 23.6 Å². The summed E-state index contributed by atoms with van der Waals surface area (Å²) in [6.45, 7) is 6.22. The Morgan fingerprint density at radius 3 is 2.57 bits per heavy atom. The van der Waals surface area contributed by atoms with Crippen molar-refractivity contribution in [3.63, 3.8) is 0 Å². The van der Waals surface area contributed by atoms with Crippen molar-refractivity contribution in [1.29, 1.82) is 0 Å². The Balaban J connectivity index is 1.75. The highest BCUT2D eigenvalue weighted by Gasteiger charge is 2.29. The Morgan fingerprint density at radius 1 is 1.29 bits per heavy atom. The molecule has 7 nitrogen and oxygen atoms in total. The van der Waals surface area contributed by atoms with Gasteiger partial charge in [-0.05, 0) is 39.7 Å². The number of esters is 1. The number of amides is 1. The Kier molecular flexibility index (Phi) is 5.90. The molecule has 2 aromatic heterocycles. The second-order valence-corrected chi connectivity index (χ2v) is 7.00. The van der Waals surface area contributed by atoms with Gasteiger partial charge in [0.1, 0.15) is 6.54 Å². The number of pyridine rings is 1. The second-order valence-electron chi connectivity index (χ2n) is 7.00. The van der Waals surface area contributed by atoms with E-state index in [-0.39, 0.29) is 29.9 Å². The number of ether oxygens (including phenoxy) is 1. The highest BCUT2D eigenvalue weighted by Crippen LogP contribution is 2.30. The van der Waals surface area contributed by atoms with Crippen LogP contribution in [0.4, 0.5) is 8.78 Å². The molecule has 0 N–H and O–H groups in total. The molecule has 152 valence electrons. The molecule has 0 spiro atoms. The minimum atomic E-state index is -2.64. The van der Waals surface area contributed by atoms with Gasteiger partial charge in [0.25, 0.3) is 6.43 Å². The predicted octanol–water partition coefficient (Wildman–Crippen LogP) is 2.79. The first-order valence-corrected chi connectivity index (χ1v) is 9.39. The van der Waals surface area contributed by atoms with Gasteiger partial charge in [-0.25, -0.2) is 18.4 Å². The minimum Gasteiger partial charge on any atom is -0.466 e. The van der Waals surface area contributed by atoms with Crippen LogP contribution in [0.2, 0.25) is 0 Å². The normalized spacial score (nSPS) is 15.4. The maximum Gasteiger partial charge on any atom is 0.309 e. The molecule has 0 aromatic carbocycles. The van der Waals surface area contributed by atoms with E-state index >= 15 is 0 Å². The summed E-state index contributed by atoms with van der Waals surface area (Å²) in [6, 6.07) is 1.36. The van der Waals surface area contributed by atoms with E-state index in [2.05, 4.69) is 10.1 Å². The van der Waals surface area contributed by atoms with E-state index < -0.39 is 6.43 Å². The highest BCUT2D eigenvalue weighted by atomic mass is 19.3. The smallest absolute Gasteiger partial charge is 0.309 e. The highest BCUT2D eigenvalue weighted by molar-refractivity contribution is 5.85. The molecule has 0 unspecified atom stereocenters. The largest absolute Gasteiger partial charge is 0.466 e. The number of piperidine rings is 1. The number of alkyl halides is 2. The summed E-state index contributed by atoms with van der Waals surface area (Å²) < 4.78 is 33.2. The lowest BCUT2D eigenvalue weighted by atomic mass is 9.97. The number of nitrogens with zero attached hydrogens (tertiary/aromatic N) is 4. The molecule has 0 atom stereocenters. The Labute approximate surface area is 161 Å². The van der Waals surface area contributed by atoms with Crippen LogP contribution in [0, 0.1) is 19.8 Å². The van der Waals surface area contributed by atoms with Crippen molar-refractivity contribution >= 4 is 22.9 Å². The number of likely N-dealkylation sites (tertiary alicyclic amines) is 1. The second kappa shape index (κ2) is 8.20. The number of carbonyl (C=O) groups excluding carboxylic acids is 2. The zero-order valence-electron chi connectivity index (χ0n) is 16.2. The fraction of sp³-hybridized carbons (Fsp3) is 0.579. The summed E-state index contributed by atoms with van der Waals surface area (Å²) in [4.78, 5) is 30.5. The lowest BCUT2D eigenvalue weighted by Gasteiger charge is -2.30. The molecule has 3 heterocycles. The number of halogens is 2. The molecule has 28 heavy (non-hydrogen) atoms. The first-order chi connectivity index (χ1) is 13.3. The summed E-state index contributed by atoms with van der Waals surface area (Å²) in [5.74, 6) is -0.578. The molecule has 1 saturated heterocycles. The summed E-state index contributed by atoms with van der Waals surface area (Å²) in [7, 11) is 0. The first kappa shape index (κ1) is 20.2. The van der Waals surface area contributed by atoms with E-state index in [9.17, 15) is 18.4 Å². The Hall–Kier alpha value is -2.58. The van der Waals surface area contributed by atoms with Crippen molar-refractivity contribution in [1.82, 2.24) is 19.7 Å². The summed E-state index contributed by atoms with van der Waals surface area (Å²) in [5.41, 5.74) is 1.05. The molecular formula is C19H24F2N4O3. The van der Waals surface area contributed by atoms with Crippen LogP contribution in [0.25, 0.3) is 11.0 Å². The van der Waals surface area contributed by atoms with Gasteiger partial charge in [-0.15, -0.1) is 0 Å². The van der Waals surface area contributed by atoms with Gasteiger partial charge >= 0.3 is 5.97 Å². The molecule has 0 radical (unpaired) electrons. The summed E-state index contributed by atoms with van der Waals surface area (Å²) in [6.07, 6.45) is -1.54. The van der Waals surface area contributed by atoms with E-state index in [1.807, 2.05) is 0 Å². The van der Waals surface area contributed by atoms with Crippen molar-refractivity contribution in [3.05, 3.63) is 23.0 Å². The number of carbonyl (C=O) groups is 2. The molecule has 2 aromatic rings. The van der Waals surface area contributed by atoms with Gasteiger partial charge in [-0.2, -0.15) is 5.10 Å². The first-order valence-electron chi connectivity index (χ1n) is 9.39. The van der Waals surface area contributed by atoms with Crippen molar-refractivity contribution in [2.24, 2.45) is 5.92 Å². The number of aromatic nitrogens is 3. The van der Waals surface area contributed by atoms with E-state index in [1.165, 1.54) is 10.7 Å². The Morgan fingerprint density at radius 2 is 1.96 bits per heavy atom. The maximum absolute atomic E-state index is 13.4. The molecule has 1 amide bonds. The average Bonchev–Trinajstić information content (AvgIpc) is 2.96. The fourth-order valence-electron chi connectivity index (χ4n) is 3.65. The third-order valence-corrected chi connectivity index (χ3v) is 5.02. The lowest BCUT2D eigenvalue weighted by molar-refractivity contribution is -0.151. The number of rotatable bonds is 5. The molecule has 0 bridgehead atoms. The van der Waals surface area contributed by atoms with E-state index in [0.29, 0.717) is 55.0 Å². The predicted molar refractivity (Wildman–Crippen MR) is 97.9 cm³/mol. The number of hydrogen-bond donors (Lipinski definition) is 0. The third kappa shape index (κ3) is 3.98. The summed E-state index contributed by atoms with van der Waals surface area (Å²) in [5, 5.41) is 4.58. The Bertz CT molecular complexity index is 889. The van der Waals surface area contributed by atoms with Gasteiger partial charge in [0.15, 0.2) is 5.65 Å². The van der Waals surface area contributed by atoms with Crippen molar-refractivity contribution in [2.75, 3.05) is 19.7 Å². The molecular weight excluding hydrogens is 370 g/mol. The van der Waals surface area contributed by atoms with E-state index in [0.717, 1.165) is 0 Å². The number of hydrogen-bond acceptors (Lipinski definition) is 5. The van der Waals surface area contributed by atoms with Gasteiger partial charge < -0.3 is 9.64 Å². The van der Waals surface area contributed by atoms with Crippen LogP contribution in [0.5, 0.6) is 0 Å². The van der Waals surface area contributed by atoms with Crippen LogP contribution in [-0.4, -0.2) is 51.2 Å². The minimum absolute atomic E-state index is 0.0758. The third-order valence-electron chi connectivity index (χ3n) is 5.02. The van der Waals surface area contributed by atoms with Crippen LogP contribution >= 0.6 is 0 Å². The number of fused-ring (bicyclic) bond motifs is 1. The van der Waals surface area contributed by atoms with E-state index in [4.69, 9.17) is 4.74 Å². The molecule has 0 saturated carbocycles. The molecule has 1 aliphatic heterocycles. The molecule has 9 heteroatoms. The monoisotopic (exact) mass is 394 g/mol. The van der Waals surface area contributed by atoms with Gasteiger partial charge in [0, 0.05) is 24.3 Å². The van der Waals surface area contributed by atoms with Crippen molar-refractivity contribution in [3.8, 4) is 0 Å². The van der Waals surface area contributed by atoms with Crippen molar-refractivity contribution < 1.29 is 23.1 Å². The lowest BCUT2D eigenvalue weighted by Crippen LogP contribution is -2.42. The topological polar surface area (TPSA) is 77.3 Å². The van der Waals surface area contributed by atoms with Gasteiger partial charge in [0.2, 0.25) is 5.91 Å². The zero-order chi connectivity index (χ0) is 20.4. The SMILES string of the molecule is CCOC(=O)C1CCN(C(=O)Cn2nc(C)c3c(C(F)F)cc(C)nc32)CC1. The molecule has 1 aliphatic rings.